The fraction of sp³-hybridized carbons (Fsp3) is 0.429. The Kier molecular flexibility index (Phi) is 5.70. The van der Waals surface area contributed by atoms with Gasteiger partial charge >= 0.3 is 0 Å². The van der Waals surface area contributed by atoms with E-state index < -0.39 is 0 Å². The largest absolute Gasteiger partial charge is 0.434 e. The lowest BCUT2D eigenvalue weighted by molar-refractivity contribution is 0.462. The monoisotopic (exact) mass is 328 g/mol. The van der Waals surface area contributed by atoms with E-state index in [1.165, 1.54) is 0 Å². The molecule has 114 valence electrons. The number of hydrogen-bond acceptors (Lipinski definition) is 4. The molecule has 5 nitrogen and oxygen atoms in total. The number of anilines is 1. The summed E-state index contributed by atoms with van der Waals surface area (Å²) in [6, 6.07) is 1.62. The third kappa shape index (κ3) is 4.25. The number of ether oxygens (including phenoxy) is 1. The molecule has 0 saturated carbocycles. The second-order valence-electron chi connectivity index (χ2n) is 4.57. The molecule has 0 aliphatic rings. The van der Waals surface area contributed by atoms with Gasteiger partial charge in [0.2, 0.25) is 5.88 Å². The van der Waals surface area contributed by atoms with Crippen LogP contribution in [0.2, 0.25) is 10.0 Å². The van der Waals surface area contributed by atoms with Gasteiger partial charge in [0.15, 0.2) is 5.75 Å². The Hall–Kier alpha value is -1.46. The molecule has 2 aromatic rings. The van der Waals surface area contributed by atoms with E-state index in [4.69, 9.17) is 27.9 Å². The van der Waals surface area contributed by atoms with Gasteiger partial charge in [0.1, 0.15) is 10.8 Å². The molecular formula is C14H18Cl2N4O. The minimum absolute atomic E-state index is 0.315. The molecule has 0 aliphatic heterocycles. The third-order valence-corrected chi connectivity index (χ3v) is 3.28. The van der Waals surface area contributed by atoms with Gasteiger partial charge in [-0.2, -0.15) is 10.1 Å². The number of nitrogens with one attached hydrogen (secondary N) is 1. The highest BCUT2D eigenvalue weighted by Gasteiger charge is 2.12. The molecule has 0 bridgehead atoms. The van der Waals surface area contributed by atoms with Crippen molar-refractivity contribution in [3.8, 4) is 11.6 Å². The molecule has 1 N–H and O–H groups in total. The van der Waals surface area contributed by atoms with Gasteiger partial charge in [-0.05, 0) is 18.9 Å². The molecule has 2 rings (SSSR count). The van der Waals surface area contributed by atoms with Crippen LogP contribution in [0.3, 0.4) is 0 Å². The number of rotatable bonds is 7. The molecule has 0 atom stereocenters. The second-order valence-corrected chi connectivity index (χ2v) is 5.39. The summed E-state index contributed by atoms with van der Waals surface area (Å²) in [5, 5.41) is 8.18. The van der Waals surface area contributed by atoms with Gasteiger partial charge in [-0.3, -0.25) is 4.68 Å². The summed E-state index contributed by atoms with van der Waals surface area (Å²) in [6.45, 7) is 5.78. The zero-order valence-electron chi connectivity index (χ0n) is 12.1. The SMILES string of the molecule is CCCNc1nc(Oc2cnn(CCC)c2)c(Cl)cc1Cl. The summed E-state index contributed by atoms with van der Waals surface area (Å²) in [5.74, 6) is 1.48. The third-order valence-electron chi connectivity index (χ3n) is 2.72. The van der Waals surface area contributed by atoms with Crippen molar-refractivity contribution in [3.05, 3.63) is 28.5 Å². The summed E-state index contributed by atoms with van der Waals surface area (Å²) in [4.78, 5) is 4.33. The van der Waals surface area contributed by atoms with Crippen molar-refractivity contribution in [3.63, 3.8) is 0 Å². The van der Waals surface area contributed by atoms with E-state index in [0.717, 1.165) is 25.9 Å². The fourth-order valence-electron chi connectivity index (χ4n) is 1.75. The van der Waals surface area contributed by atoms with E-state index in [9.17, 15) is 0 Å². The minimum Gasteiger partial charge on any atom is -0.434 e. The van der Waals surface area contributed by atoms with Crippen LogP contribution in [0.25, 0.3) is 0 Å². The Labute approximate surface area is 134 Å². The summed E-state index contributed by atoms with van der Waals surface area (Å²) in [7, 11) is 0. The summed E-state index contributed by atoms with van der Waals surface area (Å²) in [6.07, 6.45) is 5.43. The first-order chi connectivity index (χ1) is 10.1. The molecule has 0 fully saturated rings. The van der Waals surface area contributed by atoms with Crippen LogP contribution in [0.5, 0.6) is 11.6 Å². The van der Waals surface area contributed by atoms with Crippen LogP contribution in [0.4, 0.5) is 5.82 Å². The van der Waals surface area contributed by atoms with Crippen molar-refractivity contribution in [1.29, 1.82) is 0 Å². The maximum absolute atomic E-state index is 6.13. The van der Waals surface area contributed by atoms with Crippen molar-refractivity contribution in [2.24, 2.45) is 0 Å². The van der Waals surface area contributed by atoms with E-state index in [-0.39, 0.29) is 0 Å². The number of aromatic nitrogens is 3. The predicted molar refractivity (Wildman–Crippen MR) is 85.6 cm³/mol. The smallest absolute Gasteiger partial charge is 0.240 e. The topological polar surface area (TPSA) is 52.0 Å². The second kappa shape index (κ2) is 7.52. The van der Waals surface area contributed by atoms with Crippen LogP contribution in [-0.4, -0.2) is 21.3 Å². The lowest BCUT2D eigenvalue weighted by Crippen LogP contribution is -2.03. The van der Waals surface area contributed by atoms with Gasteiger partial charge < -0.3 is 10.1 Å². The van der Waals surface area contributed by atoms with Gasteiger partial charge in [0.25, 0.3) is 0 Å². The standard InChI is InChI=1S/C14H18Cl2N4O/c1-3-5-17-13-11(15)7-12(16)14(19-13)21-10-8-18-20(9-10)6-4-2/h7-9H,3-6H2,1-2H3,(H,17,19). The van der Waals surface area contributed by atoms with Gasteiger partial charge in [-0.15, -0.1) is 0 Å². The molecule has 0 unspecified atom stereocenters. The molecule has 21 heavy (non-hydrogen) atoms. The number of halogens is 2. The van der Waals surface area contributed by atoms with E-state index >= 15 is 0 Å². The van der Waals surface area contributed by atoms with Crippen LogP contribution < -0.4 is 10.1 Å². The molecule has 0 aromatic carbocycles. The Morgan fingerprint density at radius 2 is 2.05 bits per heavy atom. The van der Waals surface area contributed by atoms with Crippen LogP contribution in [0, 0.1) is 0 Å². The molecule has 0 saturated heterocycles. The van der Waals surface area contributed by atoms with Crippen molar-refractivity contribution < 1.29 is 4.74 Å². The van der Waals surface area contributed by atoms with Crippen LogP contribution in [0.1, 0.15) is 26.7 Å². The lowest BCUT2D eigenvalue weighted by Gasteiger charge is -2.10. The number of pyridine rings is 1. The van der Waals surface area contributed by atoms with Gasteiger partial charge in [-0.25, -0.2) is 0 Å². The van der Waals surface area contributed by atoms with Gasteiger partial charge in [0, 0.05) is 13.1 Å². The first-order valence-corrected chi connectivity index (χ1v) is 7.69. The first kappa shape index (κ1) is 15.9. The quantitative estimate of drug-likeness (QED) is 0.806. The molecule has 0 radical (unpaired) electrons. The number of aryl methyl sites for hydroxylation is 1. The van der Waals surface area contributed by atoms with Gasteiger partial charge in [0.05, 0.1) is 17.4 Å². The Balaban J connectivity index is 2.17. The van der Waals surface area contributed by atoms with Crippen LogP contribution in [0.15, 0.2) is 18.5 Å². The zero-order valence-corrected chi connectivity index (χ0v) is 13.6. The number of nitrogens with zero attached hydrogens (tertiary/aromatic N) is 3. The average Bonchev–Trinajstić information content (AvgIpc) is 2.88. The van der Waals surface area contributed by atoms with Crippen molar-refractivity contribution in [1.82, 2.24) is 14.8 Å². The first-order valence-electron chi connectivity index (χ1n) is 6.94. The lowest BCUT2D eigenvalue weighted by atomic mass is 10.4. The Morgan fingerprint density at radius 3 is 2.76 bits per heavy atom. The Bertz CT molecular complexity index is 601. The highest BCUT2D eigenvalue weighted by atomic mass is 35.5. The minimum atomic E-state index is 0.315. The van der Waals surface area contributed by atoms with E-state index in [1.54, 1.807) is 12.3 Å². The van der Waals surface area contributed by atoms with Crippen LogP contribution in [-0.2, 0) is 6.54 Å². The normalized spacial score (nSPS) is 10.7. The zero-order chi connectivity index (χ0) is 15.2. The average molecular weight is 329 g/mol. The van der Waals surface area contributed by atoms with Crippen molar-refractivity contribution in [2.75, 3.05) is 11.9 Å². The molecular weight excluding hydrogens is 311 g/mol. The maximum atomic E-state index is 6.13. The summed E-state index contributed by atoms with van der Waals surface area (Å²) < 4.78 is 7.50. The Morgan fingerprint density at radius 1 is 1.24 bits per heavy atom. The fourth-order valence-corrected chi connectivity index (χ4v) is 2.21. The van der Waals surface area contributed by atoms with Crippen LogP contribution >= 0.6 is 23.2 Å². The van der Waals surface area contributed by atoms with Crippen molar-refractivity contribution >= 4 is 29.0 Å². The van der Waals surface area contributed by atoms with E-state index in [1.807, 2.05) is 10.9 Å². The summed E-state index contributed by atoms with van der Waals surface area (Å²) >= 11 is 12.2. The molecule has 0 aliphatic carbocycles. The predicted octanol–water partition coefficient (Wildman–Crippen LogP) is 4.61. The molecule has 2 heterocycles. The van der Waals surface area contributed by atoms with Gasteiger partial charge in [-0.1, -0.05) is 37.0 Å². The molecule has 2 aromatic heterocycles. The summed E-state index contributed by atoms with van der Waals surface area (Å²) in [5.41, 5.74) is 0. The van der Waals surface area contributed by atoms with E-state index in [0.29, 0.717) is 27.5 Å². The van der Waals surface area contributed by atoms with Crippen molar-refractivity contribution in [2.45, 2.75) is 33.2 Å². The molecule has 0 spiro atoms. The highest BCUT2D eigenvalue weighted by Crippen LogP contribution is 2.33. The number of hydrogen-bond donors (Lipinski definition) is 1. The maximum Gasteiger partial charge on any atom is 0.240 e. The van der Waals surface area contributed by atoms with E-state index in [2.05, 4.69) is 29.2 Å². The highest BCUT2D eigenvalue weighted by molar-refractivity contribution is 6.36. The molecule has 0 amide bonds. The molecule has 7 heteroatoms.